The summed E-state index contributed by atoms with van der Waals surface area (Å²) in [6, 6.07) is 7.43. The van der Waals surface area contributed by atoms with Gasteiger partial charge >= 0.3 is 13.6 Å². The van der Waals surface area contributed by atoms with Crippen LogP contribution in [0, 0.1) is 0 Å². The first-order valence-electron chi connectivity index (χ1n) is 9.87. The third-order valence-electron chi connectivity index (χ3n) is 4.13. The number of esters is 1. The Balaban J connectivity index is 3.48. The summed E-state index contributed by atoms with van der Waals surface area (Å²) in [6.07, 6.45) is 1.44. The van der Waals surface area contributed by atoms with Crippen molar-refractivity contribution in [1.29, 1.82) is 0 Å². The van der Waals surface area contributed by atoms with Crippen LogP contribution in [0.3, 0.4) is 0 Å². The van der Waals surface area contributed by atoms with Crippen LogP contribution in [0.5, 0.6) is 5.75 Å². The quantitative estimate of drug-likeness (QED) is 0.349. The molecular formula is C21H35O6P. The third-order valence-corrected chi connectivity index (χ3v) is 6.62. The second-order valence-electron chi connectivity index (χ2n) is 7.52. The summed E-state index contributed by atoms with van der Waals surface area (Å²) in [5, 5.41) is 0. The van der Waals surface area contributed by atoms with Gasteiger partial charge in [-0.05, 0) is 58.7 Å². The van der Waals surface area contributed by atoms with Crippen LogP contribution in [0.1, 0.15) is 65.9 Å². The Morgan fingerprint density at radius 2 is 1.57 bits per heavy atom. The van der Waals surface area contributed by atoms with Gasteiger partial charge in [-0.15, -0.1) is 0 Å². The molecule has 1 rings (SSSR count). The maximum absolute atomic E-state index is 13.7. The molecule has 1 aromatic carbocycles. The highest BCUT2D eigenvalue weighted by atomic mass is 31.2. The molecule has 0 N–H and O–H groups in total. The van der Waals surface area contributed by atoms with E-state index >= 15 is 0 Å². The normalized spacial score (nSPS) is 14.4. The first-order valence-corrected chi connectivity index (χ1v) is 11.5. The Morgan fingerprint density at radius 1 is 1.04 bits per heavy atom. The predicted molar refractivity (Wildman–Crippen MR) is 111 cm³/mol. The number of carbonyl (C=O) groups excluding carboxylic acids is 1. The van der Waals surface area contributed by atoms with Gasteiger partial charge in [-0.1, -0.05) is 25.5 Å². The number of hydrogen-bond donors (Lipinski definition) is 0. The summed E-state index contributed by atoms with van der Waals surface area (Å²) in [5.74, 6) is -0.215. The van der Waals surface area contributed by atoms with E-state index in [4.69, 9.17) is 18.5 Å². The van der Waals surface area contributed by atoms with Gasteiger partial charge in [-0.3, -0.25) is 9.36 Å². The van der Waals surface area contributed by atoms with E-state index in [1.165, 1.54) is 0 Å². The van der Waals surface area contributed by atoms with Gasteiger partial charge in [0.15, 0.2) is 5.66 Å². The number of benzene rings is 1. The molecule has 0 saturated carbocycles. The molecule has 160 valence electrons. The number of rotatable bonds is 11. The smallest absolute Gasteiger partial charge is 0.345 e. The molecule has 2 unspecified atom stereocenters. The van der Waals surface area contributed by atoms with E-state index in [1.54, 1.807) is 41.7 Å². The minimum absolute atomic E-state index is 0.179. The van der Waals surface area contributed by atoms with Crippen LogP contribution >= 0.6 is 7.60 Å². The zero-order valence-corrected chi connectivity index (χ0v) is 19.1. The van der Waals surface area contributed by atoms with Crippen molar-refractivity contribution in [2.45, 2.75) is 71.6 Å². The van der Waals surface area contributed by atoms with Crippen LogP contribution in [0.2, 0.25) is 0 Å². The summed E-state index contributed by atoms with van der Waals surface area (Å²) in [6.45, 7) is 11.2. The summed E-state index contributed by atoms with van der Waals surface area (Å²) >= 11 is 0. The van der Waals surface area contributed by atoms with Gasteiger partial charge in [0.1, 0.15) is 11.4 Å². The van der Waals surface area contributed by atoms with Crippen molar-refractivity contribution in [2.24, 2.45) is 0 Å². The van der Waals surface area contributed by atoms with Crippen molar-refractivity contribution in [1.82, 2.24) is 0 Å². The molecule has 0 bridgehead atoms. The van der Waals surface area contributed by atoms with Gasteiger partial charge in [-0.2, -0.15) is 0 Å². The van der Waals surface area contributed by atoms with Crippen molar-refractivity contribution in [2.75, 3.05) is 20.3 Å². The number of hydrogen-bond acceptors (Lipinski definition) is 6. The second-order valence-corrected chi connectivity index (χ2v) is 9.67. The van der Waals surface area contributed by atoms with E-state index in [1.807, 2.05) is 31.2 Å². The van der Waals surface area contributed by atoms with Crippen molar-refractivity contribution < 1.29 is 27.9 Å². The zero-order valence-electron chi connectivity index (χ0n) is 18.2. The number of methoxy groups -OCH3 is 1. The summed E-state index contributed by atoms with van der Waals surface area (Å²) in [4.78, 5) is 13.2. The molecule has 7 heteroatoms. The van der Waals surface area contributed by atoms with Gasteiger partial charge in [0.2, 0.25) is 0 Å². The molecule has 0 aliphatic heterocycles. The predicted octanol–water partition coefficient (Wildman–Crippen LogP) is 5.56. The van der Waals surface area contributed by atoms with E-state index in [0.29, 0.717) is 12.2 Å². The molecule has 0 radical (unpaired) electrons. The molecular weight excluding hydrogens is 379 g/mol. The highest BCUT2D eigenvalue weighted by Gasteiger charge is 2.48. The fraction of sp³-hybridized carbons (Fsp3) is 0.667. The Morgan fingerprint density at radius 3 is 1.96 bits per heavy atom. The average molecular weight is 414 g/mol. The zero-order chi connectivity index (χ0) is 21.4. The number of ether oxygens (including phenoxy) is 2. The van der Waals surface area contributed by atoms with Crippen LogP contribution in [0.25, 0.3) is 0 Å². The van der Waals surface area contributed by atoms with E-state index in [2.05, 4.69) is 0 Å². The Kier molecular flexibility index (Phi) is 9.68. The highest BCUT2D eigenvalue weighted by molar-refractivity contribution is 7.55. The monoisotopic (exact) mass is 414 g/mol. The van der Waals surface area contributed by atoms with Gasteiger partial charge in [0, 0.05) is 5.92 Å². The summed E-state index contributed by atoms with van der Waals surface area (Å²) in [5.41, 5.74) is -0.881. The van der Waals surface area contributed by atoms with E-state index < -0.39 is 24.8 Å². The van der Waals surface area contributed by atoms with Gasteiger partial charge in [0.25, 0.3) is 0 Å². The van der Waals surface area contributed by atoms with Crippen molar-refractivity contribution in [3.05, 3.63) is 29.8 Å². The van der Waals surface area contributed by atoms with E-state index in [9.17, 15) is 9.36 Å². The molecule has 1 aromatic rings. The minimum Gasteiger partial charge on any atom is -0.497 e. The van der Waals surface area contributed by atoms with Gasteiger partial charge in [-0.25, -0.2) is 0 Å². The molecule has 0 amide bonds. The fourth-order valence-corrected chi connectivity index (χ4v) is 5.29. The highest BCUT2D eigenvalue weighted by Crippen LogP contribution is 2.58. The molecule has 0 aromatic heterocycles. The minimum atomic E-state index is -3.75. The molecule has 0 aliphatic carbocycles. The Labute approximate surface area is 169 Å². The second kappa shape index (κ2) is 11.0. The lowest BCUT2D eigenvalue weighted by atomic mass is 9.91. The van der Waals surface area contributed by atoms with Crippen LogP contribution in [-0.4, -0.2) is 37.6 Å². The van der Waals surface area contributed by atoms with Crippen LogP contribution in [0.15, 0.2) is 24.3 Å². The average Bonchev–Trinajstić information content (AvgIpc) is 2.60. The maximum atomic E-state index is 13.7. The Bertz CT molecular complexity index is 640. The number of carbonyl (C=O) groups is 1. The van der Waals surface area contributed by atoms with Crippen molar-refractivity contribution in [3.63, 3.8) is 0 Å². The molecule has 0 spiro atoms. The molecule has 6 nitrogen and oxygen atoms in total. The van der Waals surface area contributed by atoms with Gasteiger partial charge < -0.3 is 18.5 Å². The lowest BCUT2D eigenvalue weighted by Crippen LogP contribution is -2.36. The Hall–Kier alpha value is -1.36. The SMILES string of the molecule is CCCC(c1ccc(OC)cc1)C(C(=O)OC(C)(C)C)P(=O)(OCC)OCC. The molecule has 0 aliphatic rings. The van der Waals surface area contributed by atoms with Crippen LogP contribution in [0.4, 0.5) is 0 Å². The van der Waals surface area contributed by atoms with Crippen molar-refractivity contribution in [3.8, 4) is 5.75 Å². The van der Waals surface area contributed by atoms with Crippen LogP contribution < -0.4 is 4.74 Å². The van der Waals surface area contributed by atoms with Crippen LogP contribution in [-0.2, 0) is 23.1 Å². The summed E-state index contributed by atoms with van der Waals surface area (Å²) in [7, 11) is -2.15. The standard InChI is InChI=1S/C21H35O6P/c1-8-11-18(16-12-14-17(24-7)15-13-16)19(20(22)27-21(4,5)6)28(23,25-9-2)26-10-3/h12-15,18-19H,8-11H2,1-7H3. The fourth-order valence-electron chi connectivity index (χ4n) is 3.10. The molecule has 2 atom stereocenters. The molecule has 28 heavy (non-hydrogen) atoms. The van der Waals surface area contributed by atoms with Crippen molar-refractivity contribution >= 4 is 13.6 Å². The molecule has 0 fully saturated rings. The van der Waals surface area contributed by atoms with E-state index in [-0.39, 0.29) is 19.1 Å². The topological polar surface area (TPSA) is 71.1 Å². The van der Waals surface area contributed by atoms with Gasteiger partial charge in [0.05, 0.1) is 20.3 Å². The third kappa shape index (κ3) is 6.91. The first kappa shape index (κ1) is 24.7. The summed E-state index contributed by atoms with van der Waals surface area (Å²) < 4.78 is 35.7. The lowest BCUT2D eigenvalue weighted by Gasteiger charge is -2.33. The first-order chi connectivity index (χ1) is 13.1. The molecule has 0 heterocycles. The maximum Gasteiger partial charge on any atom is 0.345 e. The van der Waals surface area contributed by atoms with E-state index in [0.717, 1.165) is 12.0 Å². The molecule has 0 saturated heterocycles. The largest absolute Gasteiger partial charge is 0.497 e. The lowest BCUT2D eigenvalue weighted by molar-refractivity contribution is -0.155.